The van der Waals surface area contributed by atoms with Crippen LogP contribution in [0.1, 0.15) is 28.9 Å². The van der Waals surface area contributed by atoms with Crippen LogP contribution in [0.15, 0.2) is 18.3 Å². The number of hydrogen-bond acceptors (Lipinski definition) is 2. The highest BCUT2D eigenvalue weighted by molar-refractivity contribution is 6.17. The van der Waals surface area contributed by atoms with Crippen LogP contribution in [-0.2, 0) is 0 Å². The van der Waals surface area contributed by atoms with Crippen molar-refractivity contribution in [3.05, 3.63) is 29.6 Å². The Bertz CT molecular complexity index is 328. The summed E-state index contributed by atoms with van der Waals surface area (Å²) in [6.07, 6.45) is 3.45. The maximum absolute atomic E-state index is 11.6. The van der Waals surface area contributed by atoms with Crippen LogP contribution in [0.3, 0.4) is 0 Å². The lowest BCUT2D eigenvalue weighted by Crippen LogP contribution is -2.26. The van der Waals surface area contributed by atoms with Gasteiger partial charge in [-0.05, 0) is 31.4 Å². The molecule has 1 aromatic rings. The van der Waals surface area contributed by atoms with E-state index in [-0.39, 0.29) is 5.91 Å². The van der Waals surface area contributed by atoms with Crippen molar-refractivity contribution in [1.29, 1.82) is 0 Å². The number of alkyl halides is 1. The molecule has 1 amide bonds. The van der Waals surface area contributed by atoms with Gasteiger partial charge in [0.05, 0.1) is 0 Å². The molecular formula is C11H15ClN2O. The Morgan fingerprint density at radius 2 is 2.33 bits per heavy atom. The average Bonchev–Trinajstić information content (AvgIpc) is 2.25. The molecule has 0 atom stereocenters. The molecule has 0 bridgehead atoms. The molecule has 0 aromatic carbocycles. The van der Waals surface area contributed by atoms with Crippen LogP contribution in [0.2, 0.25) is 0 Å². The molecule has 4 heteroatoms. The van der Waals surface area contributed by atoms with E-state index in [1.165, 1.54) is 0 Å². The number of pyridine rings is 1. The number of halogens is 1. The number of carbonyl (C=O) groups is 1. The summed E-state index contributed by atoms with van der Waals surface area (Å²) in [6, 6.07) is 3.69. The van der Waals surface area contributed by atoms with E-state index >= 15 is 0 Å². The van der Waals surface area contributed by atoms with E-state index in [0.29, 0.717) is 18.1 Å². The molecule has 3 nitrogen and oxygen atoms in total. The van der Waals surface area contributed by atoms with E-state index in [1.54, 1.807) is 6.20 Å². The number of unbranched alkanes of at least 4 members (excludes halogenated alkanes) is 1. The predicted octanol–water partition coefficient (Wildman–Crippen LogP) is 2.14. The molecule has 1 N–H and O–H groups in total. The van der Waals surface area contributed by atoms with E-state index in [2.05, 4.69) is 10.3 Å². The van der Waals surface area contributed by atoms with Gasteiger partial charge in [0.25, 0.3) is 5.91 Å². The van der Waals surface area contributed by atoms with Crippen molar-refractivity contribution in [2.75, 3.05) is 12.4 Å². The van der Waals surface area contributed by atoms with Crippen LogP contribution >= 0.6 is 11.6 Å². The highest BCUT2D eigenvalue weighted by atomic mass is 35.5. The van der Waals surface area contributed by atoms with Gasteiger partial charge in [-0.15, -0.1) is 11.6 Å². The number of rotatable bonds is 5. The summed E-state index contributed by atoms with van der Waals surface area (Å²) in [4.78, 5) is 15.7. The summed E-state index contributed by atoms with van der Waals surface area (Å²) in [7, 11) is 0. The van der Waals surface area contributed by atoms with Crippen molar-refractivity contribution in [3.8, 4) is 0 Å². The standard InChI is InChI=1S/C11H15ClN2O/c1-9-5-4-8-13-10(9)11(15)14-7-3-2-6-12/h4-5,8H,2-3,6-7H2,1H3,(H,14,15). The topological polar surface area (TPSA) is 42.0 Å². The smallest absolute Gasteiger partial charge is 0.270 e. The van der Waals surface area contributed by atoms with Crippen molar-refractivity contribution < 1.29 is 4.79 Å². The first-order chi connectivity index (χ1) is 7.25. The molecule has 0 radical (unpaired) electrons. The third-order valence-electron chi connectivity index (χ3n) is 2.07. The molecule has 15 heavy (non-hydrogen) atoms. The quantitative estimate of drug-likeness (QED) is 0.618. The van der Waals surface area contributed by atoms with Crippen molar-refractivity contribution in [2.24, 2.45) is 0 Å². The van der Waals surface area contributed by atoms with Gasteiger partial charge in [0.15, 0.2) is 0 Å². The Morgan fingerprint density at radius 1 is 1.53 bits per heavy atom. The lowest BCUT2D eigenvalue weighted by molar-refractivity contribution is 0.0947. The van der Waals surface area contributed by atoms with E-state index in [0.717, 1.165) is 18.4 Å². The minimum atomic E-state index is -0.109. The summed E-state index contributed by atoms with van der Waals surface area (Å²) >= 11 is 5.53. The molecule has 0 saturated carbocycles. The highest BCUT2D eigenvalue weighted by Crippen LogP contribution is 2.02. The third-order valence-corrected chi connectivity index (χ3v) is 2.34. The van der Waals surface area contributed by atoms with E-state index < -0.39 is 0 Å². The zero-order chi connectivity index (χ0) is 11.1. The number of nitrogens with one attached hydrogen (secondary N) is 1. The zero-order valence-corrected chi connectivity index (χ0v) is 9.55. The third kappa shape index (κ3) is 3.88. The van der Waals surface area contributed by atoms with Gasteiger partial charge in [0, 0.05) is 18.6 Å². The van der Waals surface area contributed by atoms with Gasteiger partial charge in [0.1, 0.15) is 5.69 Å². The van der Waals surface area contributed by atoms with Gasteiger partial charge in [0.2, 0.25) is 0 Å². The minimum Gasteiger partial charge on any atom is -0.351 e. The lowest BCUT2D eigenvalue weighted by Gasteiger charge is -2.05. The number of aryl methyl sites for hydroxylation is 1. The normalized spacial score (nSPS) is 10.0. The number of amides is 1. The Hall–Kier alpha value is -1.09. The second kappa shape index (κ2) is 6.40. The number of aromatic nitrogens is 1. The fourth-order valence-corrected chi connectivity index (χ4v) is 1.42. The van der Waals surface area contributed by atoms with Crippen LogP contribution in [0, 0.1) is 6.92 Å². The summed E-state index contributed by atoms with van der Waals surface area (Å²) in [6.45, 7) is 2.53. The SMILES string of the molecule is Cc1cccnc1C(=O)NCCCCCl. The van der Waals surface area contributed by atoms with Crippen LogP contribution < -0.4 is 5.32 Å². The fraction of sp³-hybridized carbons (Fsp3) is 0.455. The van der Waals surface area contributed by atoms with Crippen LogP contribution in [-0.4, -0.2) is 23.3 Å². The molecule has 0 aliphatic heterocycles. The molecule has 0 aliphatic carbocycles. The fourth-order valence-electron chi connectivity index (χ4n) is 1.23. The zero-order valence-electron chi connectivity index (χ0n) is 8.79. The first kappa shape index (κ1) is 12.0. The summed E-state index contributed by atoms with van der Waals surface area (Å²) in [5.41, 5.74) is 1.40. The molecule has 82 valence electrons. The van der Waals surface area contributed by atoms with Gasteiger partial charge in [-0.25, -0.2) is 0 Å². The molecule has 0 aliphatic rings. The van der Waals surface area contributed by atoms with Crippen molar-refractivity contribution in [1.82, 2.24) is 10.3 Å². The Morgan fingerprint density at radius 3 is 3.00 bits per heavy atom. The van der Waals surface area contributed by atoms with Gasteiger partial charge >= 0.3 is 0 Å². The number of nitrogens with zero attached hydrogens (tertiary/aromatic N) is 1. The van der Waals surface area contributed by atoms with Crippen LogP contribution in [0.4, 0.5) is 0 Å². The van der Waals surface area contributed by atoms with Crippen LogP contribution in [0.25, 0.3) is 0 Å². The molecule has 0 fully saturated rings. The Balaban J connectivity index is 2.44. The summed E-state index contributed by atoms with van der Waals surface area (Å²) in [5.74, 6) is 0.529. The summed E-state index contributed by atoms with van der Waals surface area (Å²) in [5, 5.41) is 2.81. The maximum Gasteiger partial charge on any atom is 0.270 e. The lowest BCUT2D eigenvalue weighted by atomic mass is 10.2. The Labute approximate surface area is 94.9 Å². The molecule has 0 unspecified atom stereocenters. The average molecular weight is 227 g/mol. The van der Waals surface area contributed by atoms with E-state index in [4.69, 9.17) is 11.6 Å². The first-order valence-corrected chi connectivity index (χ1v) is 5.55. The second-order valence-electron chi connectivity index (χ2n) is 3.32. The maximum atomic E-state index is 11.6. The monoisotopic (exact) mass is 226 g/mol. The number of hydrogen-bond donors (Lipinski definition) is 1. The summed E-state index contributed by atoms with van der Waals surface area (Å²) < 4.78 is 0. The molecule has 0 saturated heterocycles. The largest absolute Gasteiger partial charge is 0.351 e. The highest BCUT2D eigenvalue weighted by Gasteiger charge is 2.08. The van der Waals surface area contributed by atoms with Crippen molar-refractivity contribution in [3.63, 3.8) is 0 Å². The minimum absolute atomic E-state index is 0.109. The van der Waals surface area contributed by atoms with Crippen molar-refractivity contribution >= 4 is 17.5 Å². The van der Waals surface area contributed by atoms with E-state index in [1.807, 2.05) is 19.1 Å². The van der Waals surface area contributed by atoms with Gasteiger partial charge < -0.3 is 5.32 Å². The van der Waals surface area contributed by atoms with Crippen LogP contribution in [0.5, 0.6) is 0 Å². The Kier molecular flexibility index (Phi) is 5.12. The van der Waals surface area contributed by atoms with E-state index in [9.17, 15) is 4.79 Å². The number of carbonyl (C=O) groups excluding carboxylic acids is 1. The van der Waals surface area contributed by atoms with Crippen molar-refractivity contribution in [2.45, 2.75) is 19.8 Å². The predicted molar refractivity (Wildman–Crippen MR) is 61.3 cm³/mol. The first-order valence-electron chi connectivity index (χ1n) is 5.01. The molecule has 0 spiro atoms. The van der Waals surface area contributed by atoms with Gasteiger partial charge in [-0.2, -0.15) is 0 Å². The molecule has 1 heterocycles. The molecule has 1 rings (SSSR count). The molecule has 1 aromatic heterocycles. The van der Waals surface area contributed by atoms with Gasteiger partial charge in [-0.3, -0.25) is 9.78 Å². The molecular weight excluding hydrogens is 212 g/mol. The second-order valence-corrected chi connectivity index (χ2v) is 3.70. The van der Waals surface area contributed by atoms with Gasteiger partial charge in [-0.1, -0.05) is 6.07 Å².